The Labute approximate surface area is 217 Å². The topological polar surface area (TPSA) is 184 Å². The summed E-state index contributed by atoms with van der Waals surface area (Å²) in [5.41, 5.74) is 17.8. The molecule has 2 rings (SSSR count). The predicted octanol–water partition coefficient (Wildman–Crippen LogP) is 1.99. The van der Waals surface area contributed by atoms with Crippen LogP contribution in [0.5, 0.6) is 0 Å². The molecular weight excluding hydrogens is 474 g/mol. The van der Waals surface area contributed by atoms with Gasteiger partial charge in [-0.3, -0.25) is 14.4 Å². The van der Waals surface area contributed by atoms with Gasteiger partial charge in [-0.15, -0.1) is 0 Å². The number of hydrogen-bond donors (Lipinski definition) is 5. The number of anilines is 1. The van der Waals surface area contributed by atoms with Crippen LogP contribution in [-0.4, -0.2) is 42.3 Å². The van der Waals surface area contributed by atoms with Gasteiger partial charge in [-0.25, -0.2) is 4.79 Å². The first-order valence-corrected chi connectivity index (χ1v) is 12.8. The molecule has 8 N–H and O–H groups in total. The summed E-state index contributed by atoms with van der Waals surface area (Å²) in [6.07, 6.45) is 2.04. The maximum atomic E-state index is 13.5. The molecule has 1 aromatic heterocycles. The Balaban J connectivity index is 2.34. The molecule has 1 aromatic carbocycles. The summed E-state index contributed by atoms with van der Waals surface area (Å²) in [7, 11) is 0. The summed E-state index contributed by atoms with van der Waals surface area (Å²) in [6, 6.07) is 2.32. The van der Waals surface area contributed by atoms with Crippen molar-refractivity contribution >= 4 is 34.3 Å². The van der Waals surface area contributed by atoms with E-state index in [9.17, 15) is 19.2 Å². The van der Waals surface area contributed by atoms with Crippen molar-refractivity contribution in [1.29, 1.82) is 0 Å². The van der Waals surface area contributed by atoms with Gasteiger partial charge in [-0.05, 0) is 62.6 Å². The number of fused-ring (bicyclic) bond motifs is 1. The third-order valence-electron chi connectivity index (χ3n) is 6.44. The molecule has 0 saturated heterocycles. The summed E-state index contributed by atoms with van der Waals surface area (Å²) >= 11 is 0. The second kappa shape index (κ2) is 13.3. The minimum Gasteiger partial charge on any atom is -0.421 e. The van der Waals surface area contributed by atoms with Crippen LogP contribution < -0.4 is 33.5 Å². The summed E-state index contributed by atoms with van der Waals surface area (Å²) in [4.78, 5) is 51.5. The van der Waals surface area contributed by atoms with Crippen LogP contribution in [-0.2, 0) is 9.59 Å². The third kappa shape index (κ3) is 7.87. The van der Waals surface area contributed by atoms with Gasteiger partial charge < -0.3 is 32.3 Å². The number of amides is 2. The first-order valence-electron chi connectivity index (χ1n) is 12.8. The Morgan fingerprint density at radius 3 is 2.24 bits per heavy atom. The van der Waals surface area contributed by atoms with E-state index in [1.165, 1.54) is 6.07 Å². The molecule has 37 heavy (non-hydrogen) atoms. The number of carbonyl (C=O) groups excluding carboxylic acids is 3. The number of nitrogens with one attached hydrogen (secondary N) is 2. The molecule has 0 aliphatic rings. The number of rotatable bonds is 13. The molecule has 0 unspecified atom stereocenters. The fourth-order valence-electron chi connectivity index (χ4n) is 4.03. The molecular formula is C27H41N5O5. The molecule has 0 spiro atoms. The number of aryl methyl sites for hydroxylation is 1. The minimum atomic E-state index is -0.858. The van der Waals surface area contributed by atoms with Crippen LogP contribution in [0.15, 0.2) is 27.4 Å². The van der Waals surface area contributed by atoms with Crippen LogP contribution >= 0.6 is 0 Å². The predicted molar refractivity (Wildman–Crippen MR) is 145 cm³/mol. The van der Waals surface area contributed by atoms with Gasteiger partial charge in [0.1, 0.15) is 17.3 Å². The van der Waals surface area contributed by atoms with Crippen LogP contribution in [0.4, 0.5) is 5.69 Å². The van der Waals surface area contributed by atoms with Crippen molar-refractivity contribution in [3.8, 4) is 0 Å². The first kappa shape index (κ1) is 30.0. The fraction of sp³-hybridized carbons (Fsp3) is 0.556. The second-order valence-corrected chi connectivity index (χ2v) is 10.3. The van der Waals surface area contributed by atoms with Gasteiger partial charge in [0, 0.05) is 10.9 Å². The number of hydrogen-bond acceptors (Lipinski definition) is 8. The van der Waals surface area contributed by atoms with Gasteiger partial charge in [-0.1, -0.05) is 39.8 Å². The lowest BCUT2D eigenvalue weighted by atomic mass is 9.96. The molecule has 10 heteroatoms. The summed E-state index contributed by atoms with van der Waals surface area (Å²) < 4.78 is 5.29. The molecule has 0 aliphatic carbocycles. The van der Waals surface area contributed by atoms with Crippen molar-refractivity contribution in [3.05, 3.63) is 39.7 Å². The van der Waals surface area contributed by atoms with Crippen molar-refractivity contribution in [2.45, 2.75) is 78.4 Å². The molecule has 1 heterocycles. The Morgan fingerprint density at radius 1 is 1.00 bits per heavy atom. The average molecular weight is 516 g/mol. The lowest BCUT2D eigenvalue weighted by molar-refractivity contribution is -0.130. The second-order valence-electron chi connectivity index (χ2n) is 10.3. The van der Waals surface area contributed by atoms with Crippen LogP contribution in [0.25, 0.3) is 11.0 Å². The number of nitrogens with two attached hydrogens (primary N) is 3. The average Bonchev–Trinajstić information content (AvgIpc) is 2.84. The highest BCUT2D eigenvalue weighted by Gasteiger charge is 2.30. The lowest BCUT2D eigenvalue weighted by Gasteiger charge is -2.26. The van der Waals surface area contributed by atoms with Gasteiger partial charge >= 0.3 is 5.63 Å². The summed E-state index contributed by atoms with van der Waals surface area (Å²) in [6.45, 7) is 9.70. The fourth-order valence-corrected chi connectivity index (χ4v) is 4.03. The third-order valence-corrected chi connectivity index (χ3v) is 6.44. The van der Waals surface area contributed by atoms with E-state index in [0.717, 1.165) is 0 Å². The van der Waals surface area contributed by atoms with Gasteiger partial charge in [-0.2, -0.15) is 0 Å². The molecule has 3 atom stereocenters. The molecule has 2 aromatic rings. The van der Waals surface area contributed by atoms with E-state index in [4.69, 9.17) is 21.6 Å². The zero-order valence-corrected chi connectivity index (χ0v) is 22.4. The Hall–Kier alpha value is -3.24. The lowest BCUT2D eigenvalue weighted by Crippen LogP contribution is -2.55. The van der Waals surface area contributed by atoms with E-state index in [1.54, 1.807) is 19.1 Å². The van der Waals surface area contributed by atoms with Crippen molar-refractivity contribution in [3.63, 3.8) is 0 Å². The number of Topliss-reactive ketones (excluding diaryl/α,β-unsaturated/α-hetero) is 1. The molecule has 0 saturated carbocycles. The Bertz CT molecular complexity index is 1170. The molecule has 0 fully saturated rings. The first-order chi connectivity index (χ1) is 17.4. The Morgan fingerprint density at radius 2 is 1.65 bits per heavy atom. The zero-order valence-electron chi connectivity index (χ0n) is 22.4. The van der Waals surface area contributed by atoms with Crippen molar-refractivity contribution in [1.82, 2.24) is 10.6 Å². The van der Waals surface area contributed by atoms with Crippen LogP contribution in [0.3, 0.4) is 0 Å². The van der Waals surface area contributed by atoms with E-state index in [1.807, 2.05) is 27.7 Å². The van der Waals surface area contributed by atoms with E-state index < -0.39 is 35.6 Å². The molecule has 10 nitrogen and oxygen atoms in total. The molecule has 2 amide bonds. The van der Waals surface area contributed by atoms with Gasteiger partial charge in [0.05, 0.1) is 12.1 Å². The van der Waals surface area contributed by atoms with Crippen molar-refractivity contribution in [2.24, 2.45) is 23.3 Å². The molecule has 204 valence electrons. The highest BCUT2D eigenvalue weighted by molar-refractivity contribution is 6.04. The number of nitrogen functional groups attached to an aromatic ring is 1. The zero-order chi connectivity index (χ0) is 27.9. The van der Waals surface area contributed by atoms with Gasteiger partial charge in [0.25, 0.3) is 0 Å². The normalized spacial score (nSPS) is 14.0. The largest absolute Gasteiger partial charge is 0.421 e. The highest BCUT2D eigenvalue weighted by atomic mass is 16.4. The van der Waals surface area contributed by atoms with E-state index in [-0.39, 0.29) is 34.5 Å². The molecule has 0 aliphatic heterocycles. The quantitative estimate of drug-likeness (QED) is 0.152. The van der Waals surface area contributed by atoms with Crippen molar-refractivity contribution < 1.29 is 18.8 Å². The molecule has 0 bridgehead atoms. The summed E-state index contributed by atoms with van der Waals surface area (Å²) in [5.74, 6) is -1.20. The van der Waals surface area contributed by atoms with E-state index >= 15 is 0 Å². The molecule has 0 radical (unpaired) electrons. The maximum absolute atomic E-state index is 13.5. The van der Waals surface area contributed by atoms with E-state index in [2.05, 4.69) is 10.6 Å². The highest BCUT2D eigenvalue weighted by Crippen LogP contribution is 2.23. The number of carbonyl (C=O) groups is 3. The standard InChI is InChI=1S/C27H41N5O5/c1-14(2)12-20(32-26(35)22(29)15(3)4)25(34)31-19(8-6-7-11-28)24(33)17-9-10-18-16(5)23(30)27(36)37-21(18)13-17/h9-10,13-15,19-20,22H,6-8,11-12,28-30H2,1-5H3,(H,31,34)(H,32,35)/t19-,20-,22-/m0/s1. The van der Waals surface area contributed by atoms with Crippen molar-refractivity contribution in [2.75, 3.05) is 12.3 Å². The van der Waals surface area contributed by atoms with Gasteiger partial charge in [0.15, 0.2) is 5.78 Å². The summed E-state index contributed by atoms with van der Waals surface area (Å²) in [5, 5.41) is 6.21. The van der Waals surface area contributed by atoms with Crippen LogP contribution in [0.2, 0.25) is 0 Å². The smallest absolute Gasteiger partial charge is 0.359 e. The number of unbranched alkanes of at least 4 members (excludes halogenated alkanes) is 1. The SMILES string of the molecule is Cc1c(N)c(=O)oc2cc(C(=O)[C@H](CCCCN)NC(=O)[C@H](CC(C)C)NC(=O)[C@@H](N)C(C)C)ccc12. The van der Waals surface area contributed by atoms with Crippen LogP contribution in [0.1, 0.15) is 69.3 Å². The van der Waals surface area contributed by atoms with E-state index in [0.29, 0.717) is 43.2 Å². The Kier molecular flexibility index (Phi) is 10.8. The number of ketones is 1. The minimum absolute atomic E-state index is 0.0222. The van der Waals surface area contributed by atoms with Gasteiger partial charge in [0.2, 0.25) is 11.8 Å². The monoisotopic (exact) mass is 515 g/mol. The van der Waals surface area contributed by atoms with Crippen LogP contribution in [0, 0.1) is 18.8 Å². The number of benzene rings is 1. The maximum Gasteiger partial charge on any atom is 0.359 e.